The van der Waals surface area contributed by atoms with Gasteiger partial charge in [0.15, 0.2) is 12.4 Å². The van der Waals surface area contributed by atoms with Crippen molar-refractivity contribution in [3.8, 4) is 0 Å². The molecule has 434 valence electrons. The van der Waals surface area contributed by atoms with E-state index in [1.807, 2.05) is 6.08 Å². The average Bonchev–Trinajstić information content (AvgIpc) is 3.41. The van der Waals surface area contributed by atoms with E-state index in [0.717, 1.165) is 89.9 Å². The SMILES string of the molecule is CC/C=C\C/C=C\C/C=C\C/C=C\C/C=C\CCCCCC(=O)OC1C(OCC(NC(=O)C(O)CCCCCCCCCCCCCCCC)C(O)/C=C/CCCCCCCCCCCCC)OC(CO)C(O)C1O. The van der Waals surface area contributed by atoms with Gasteiger partial charge in [-0.1, -0.05) is 254 Å². The van der Waals surface area contributed by atoms with Crippen molar-refractivity contribution < 1.29 is 49.3 Å². The molecule has 1 aliphatic rings. The van der Waals surface area contributed by atoms with E-state index in [4.69, 9.17) is 14.2 Å². The van der Waals surface area contributed by atoms with Gasteiger partial charge in [-0.3, -0.25) is 9.59 Å². The minimum absolute atomic E-state index is 0.0830. The van der Waals surface area contributed by atoms with Crippen molar-refractivity contribution in [2.75, 3.05) is 13.2 Å². The molecule has 0 bridgehead atoms. The Morgan fingerprint density at radius 3 is 1.44 bits per heavy atom. The van der Waals surface area contributed by atoms with Crippen molar-refractivity contribution in [3.63, 3.8) is 0 Å². The largest absolute Gasteiger partial charge is 0.454 e. The average molecular weight is 1060 g/mol. The molecule has 0 saturated carbocycles. The number of hydrogen-bond donors (Lipinski definition) is 6. The fourth-order valence-corrected chi connectivity index (χ4v) is 9.27. The van der Waals surface area contributed by atoms with Gasteiger partial charge < -0.3 is 45.1 Å². The van der Waals surface area contributed by atoms with E-state index in [1.54, 1.807) is 6.08 Å². The van der Waals surface area contributed by atoms with E-state index in [0.29, 0.717) is 12.8 Å². The molecule has 11 nitrogen and oxygen atoms in total. The third kappa shape index (κ3) is 40.0. The van der Waals surface area contributed by atoms with Crippen LogP contribution in [0, 0.1) is 0 Å². The van der Waals surface area contributed by atoms with Crippen LogP contribution in [0.25, 0.3) is 0 Å². The monoisotopic (exact) mass is 1060 g/mol. The zero-order valence-electron chi connectivity index (χ0n) is 47.9. The number of nitrogens with one attached hydrogen (secondary N) is 1. The van der Waals surface area contributed by atoms with Crippen LogP contribution < -0.4 is 5.32 Å². The minimum Gasteiger partial charge on any atom is -0.454 e. The second-order valence-corrected chi connectivity index (χ2v) is 21.1. The number of ether oxygens (including phenoxy) is 3. The van der Waals surface area contributed by atoms with Crippen LogP contribution in [0.15, 0.2) is 72.9 Å². The summed E-state index contributed by atoms with van der Waals surface area (Å²) in [4.78, 5) is 26.5. The van der Waals surface area contributed by atoms with Crippen LogP contribution in [-0.2, 0) is 23.8 Å². The van der Waals surface area contributed by atoms with Crippen LogP contribution in [-0.4, -0.2) is 99.6 Å². The molecule has 0 aromatic carbocycles. The normalized spacial score (nSPS) is 19.7. The highest BCUT2D eigenvalue weighted by Crippen LogP contribution is 2.26. The topological polar surface area (TPSA) is 175 Å². The second kappa shape index (κ2) is 51.8. The Bertz CT molecular complexity index is 1490. The van der Waals surface area contributed by atoms with Crippen LogP contribution in [0.3, 0.4) is 0 Å². The van der Waals surface area contributed by atoms with Crippen LogP contribution in [0.1, 0.15) is 258 Å². The van der Waals surface area contributed by atoms with Gasteiger partial charge in [-0.2, -0.15) is 0 Å². The molecule has 1 aliphatic heterocycles. The highest BCUT2D eigenvalue weighted by atomic mass is 16.7. The summed E-state index contributed by atoms with van der Waals surface area (Å²) in [6.45, 7) is 5.66. The molecule has 1 amide bonds. The van der Waals surface area contributed by atoms with Gasteiger partial charge in [0.25, 0.3) is 0 Å². The van der Waals surface area contributed by atoms with Gasteiger partial charge in [0.1, 0.15) is 24.4 Å². The van der Waals surface area contributed by atoms with E-state index in [2.05, 4.69) is 86.8 Å². The first-order valence-corrected chi connectivity index (χ1v) is 30.7. The molecule has 0 radical (unpaired) electrons. The molecule has 6 N–H and O–H groups in total. The summed E-state index contributed by atoms with van der Waals surface area (Å²) in [5.41, 5.74) is 0. The summed E-state index contributed by atoms with van der Waals surface area (Å²) in [5.74, 6) is -1.23. The predicted octanol–water partition coefficient (Wildman–Crippen LogP) is 14.4. The summed E-state index contributed by atoms with van der Waals surface area (Å²) in [6, 6.07) is -1.03. The Labute approximate surface area is 458 Å². The number of allylic oxidation sites excluding steroid dienone is 11. The molecule has 8 unspecified atom stereocenters. The lowest BCUT2D eigenvalue weighted by Gasteiger charge is -2.41. The van der Waals surface area contributed by atoms with Crippen molar-refractivity contribution >= 4 is 11.9 Å². The lowest BCUT2D eigenvalue weighted by atomic mass is 9.99. The third-order valence-corrected chi connectivity index (χ3v) is 14.1. The van der Waals surface area contributed by atoms with Crippen molar-refractivity contribution in [2.24, 2.45) is 0 Å². The number of esters is 1. The van der Waals surface area contributed by atoms with E-state index < -0.39 is 67.4 Å². The fourth-order valence-electron chi connectivity index (χ4n) is 9.27. The molecule has 0 aromatic heterocycles. The van der Waals surface area contributed by atoms with Gasteiger partial charge in [0, 0.05) is 6.42 Å². The van der Waals surface area contributed by atoms with E-state index in [1.165, 1.54) is 122 Å². The second-order valence-electron chi connectivity index (χ2n) is 21.1. The van der Waals surface area contributed by atoms with E-state index >= 15 is 0 Å². The van der Waals surface area contributed by atoms with Crippen molar-refractivity contribution in [2.45, 2.75) is 307 Å². The highest BCUT2D eigenvalue weighted by molar-refractivity contribution is 5.80. The zero-order chi connectivity index (χ0) is 54.7. The molecule has 1 fully saturated rings. The molecule has 1 rings (SSSR count). The molecule has 8 atom stereocenters. The predicted molar refractivity (Wildman–Crippen MR) is 310 cm³/mol. The van der Waals surface area contributed by atoms with Gasteiger partial charge in [0.05, 0.1) is 25.4 Å². The van der Waals surface area contributed by atoms with Crippen molar-refractivity contribution in [1.29, 1.82) is 0 Å². The van der Waals surface area contributed by atoms with Crippen LogP contribution in [0.4, 0.5) is 0 Å². The minimum atomic E-state index is -1.63. The molecule has 1 saturated heterocycles. The van der Waals surface area contributed by atoms with Gasteiger partial charge in [0.2, 0.25) is 5.91 Å². The fraction of sp³-hybridized carbons (Fsp3) is 0.781. The summed E-state index contributed by atoms with van der Waals surface area (Å²) in [7, 11) is 0. The number of carbonyl (C=O) groups is 2. The number of rotatable bonds is 51. The summed E-state index contributed by atoms with van der Waals surface area (Å²) >= 11 is 0. The number of carbonyl (C=O) groups excluding carboxylic acids is 2. The number of aliphatic hydroxyl groups excluding tert-OH is 5. The zero-order valence-corrected chi connectivity index (χ0v) is 47.9. The van der Waals surface area contributed by atoms with Crippen molar-refractivity contribution in [3.05, 3.63) is 72.9 Å². The smallest absolute Gasteiger partial charge is 0.306 e. The first-order chi connectivity index (χ1) is 36.7. The highest BCUT2D eigenvalue weighted by Gasteiger charge is 2.47. The molecular formula is C64H113NO10. The number of unbranched alkanes of at least 4 members (excludes halogenated alkanes) is 27. The molecule has 0 aliphatic carbocycles. The first-order valence-electron chi connectivity index (χ1n) is 30.7. The first kappa shape index (κ1) is 70.1. The standard InChI is InChI=1S/C64H113NO10/c1-4-7-10-13-16-19-22-25-27-28-29-30-31-34-37-40-43-46-49-52-59(69)75-62-61(71)60(70)58(53-66)74-64(62)73-54-55(56(67)50-47-44-41-38-35-32-24-21-18-15-12-9-6-3)65-63(72)57(68)51-48-45-42-39-36-33-26-23-20-17-14-11-8-5-2/h7,10,16,19,25,27,29-30,34,37,47,50,55-58,60-62,64,66-68,70-71H,4-6,8-9,11-15,17-18,20-24,26,28,31-33,35-36,38-46,48-49,51-54H2,1-3H3,(H,65,72)/b10-7-,19-16-,27-25-,30-29-,37-34-,50-47+. The molecule has 1 heterocycles. The Kier molecular flexibility index (Phi) is 48.5. The Morgan fingerprint density at radius 2 is 0.960 bits per heavy atom. The maximum Gasteiger partial charge on any atom is 0.306 e. The van der Waals surface area contributed by atoms with E-state index in [-0.39, 0.29) is 19.4 Å². The summed E-state index contributed by atoms with van der Waals surface area (Å²) < 4.78 is 17.6. The van der Waals surface area contributed by atoms with Crippen LogP contribution in [0.5, 0.6) is 0 Å². The molecule has 75 heavy (non-hydrogen) atoms. The van der Waals surface area contributed by atoms with Crippen LogP contribution >= 0.6 is 0 Å². The number of amides is 1. The van der Waals surface area contributed by atoms with Crippen LogP contribution in [0.2, 0.25) is 0 Å². The van der Waals surface area contributed by atoms with E-state index in [9.17, 15) is 35.1 Å². The van der Waals surface area contributed by atoms with Gasteiger partial charge in [-0.15, -0.1) is 0 Å². The Hall–Kier alpha value is -2.90. The summed E-state index contributed by atoms with van der Waals surface area (Å²) in [5, 5.41) is 56.9. The van der Waals surface area contributed by atoms with Crippen molar-refractivity contribution in [1.82, 2.24) is 5.32 Å². The molecule has 0 spiro atoms. The lowest BCUT2D eigenvalue weighted by molar-refractivity contribution is -0.305. The lowest BCUT2D eigenvalue weighted by Crippen LogP contribution is -2.61. The van der Waals surface area contributed by atoms with Gasteiger partial charge in [-0.05, 0) is 70.6 Å². The maximum absolute atomic E-state index is 13.4. The maximum atomic E-state index is 13.4. The molecular weight excluding hydrogens is 943 g/mol. The Morgan fingerprint density at radius 1 is 0.533 bits per heavy atom. The van der Waals surface area contributed by atoms with Gasteiger partial charge >= 0.3 is 5.97 Å². The number of hydrogen-bond acceptors (Lipinski definition) is 10. The third-order valence-electron chi connectivity index (χ3n) is 14.1. The summed E-state index contributed by atoms with van der Waals surface area (Å²) in [6.07, 6.45) is 55.0. The van der Waals surface area contributed by atoms with Gasteiger partial charge in [-0.25, -0.2) is 0 Å². The molecule has 11 heteroatoms. The molecule has 0 aromatic rings. The number of aliphatic hydroxyl groups is 5. The Balaban J connectivity index is 2.72. The quantitative estimate of drug-likeness (QED) is 0.0195.